The van der Waals surface area contributed by atoms with Crippen LogP contribution in [-0.2, 0) is 9.53 Å². The molecule has 0 atom stereocenters. The predicted octanol–water partition coefficient (Wildman–Crippen LogP) is 2.31. The Morgan fingerprint density at radius 2 is 1.92 bits per heavy atom. The SMILES string of the molecule is COc1cccc(N2CCN(C(=O)CCOCC(F)(F)F)CC2)c1. The zero-order chi connectivity index (χ0) is 17.6. The van der Waals surface area contributed by atoms with Gasteiger partial charge in [0.05, 0.1) is 20.1 Å². The molecule has 1 fully saturated rings. The summed E-state index contributed by atoms with van der Waals surface area (Å²) >= 11 is 0. The van der Waals surface area contributed by atoms with Gasteiger partial charge in [-0.05, 0) is 12.1 Å². The summed E-state index contributed by atoms with van der Waals surface area (Å²) in [6.07, 6.45) is -4.39. The fraction of sp³-hybridized carbons (Fsp3) is 0.562. The van der Waals surface area contributed by atoms with Crippen molar-refractivity contribution in [2.24, 2.45) is 0 Å². The summed E-state index contributed by atoms with van der Waals surface area (Å²) in [6.45, 7) is 0.883. The van der Waals surface area contributed by atoms with Gasteiger partial charge in [0.15, 0.2) is 0 Å². The first-order valence-corrected chi connectivity index (χ1v) is 7.70. The maximum Gasteiger partial charge on any atom is 0.411 e. The van der Waals surface area contributed by atoms with E-state index in [4.69, 9.17) is 4.74 Å². The Bertz CT molecular complexity index is 544. The van der Waals surface area contributed by atoms with E-state index in [2.05, 4.69) is 9.64 Å². The second kappa shape index (κ2) is 8.23. The fourth-order valence-corrected chi connectivity index (χ4v) is 2.53. The van der Waals surface area contributed by atoms with Crippen LogP contribution >= 0.6 is 0 Å². The number of piperazine rings is 1. The molecule has 134 valence electrons. The van der Waals surface area contributed by atoms with Crippen LogP contribution in [0, 0.1) is 0 Å². The van der Waals surface area contributed by atoms with Crippen molar-refractivity contribution in [1.82, 2.24) is 4.90 Å². The van der Waals surface area contributed by atoms with Crippen molar-refractivity contribution >= 4 is 11.6 Å². The lowest BCUT2D eigenvalue weighted by atomic mass is 10.2. The van der Waals surface area contributed by atoms with Crippen molar-refractivity contribution in [3.8, 4) is 5.75 Å². The minimum atomic E-state index is -4.36. The second-order valence-corrected chi connectivity index (χ2v) is 5.49. The van der Waals surface area contributed by atoms with E-state index in [0.717, 1.165) is 11.4 Å². The van der Waals surface area contributed by atoms with E-state index >= 15 is 0 Å². The number of hydrogen-bond acceptors (Lipinski definition) is 4. The van der Waals surface area contributed by atoms with Crippen molar-refractivity contribution in [3.63, 3.8) is 0 Å². The summed E-state index contributed by atoms with van der Waals surface area (Å²) in [5.41, 5.74) is 1.02. The predicted molar refractivity (Wildman–Crippen MR) is 83.3 cm³/mol. The second-order valence-electron chi connectivity index (χ2n) is 5.49. The number of amides is 1. The van der Waals surface area contributed by atoms with Crippen LogP contribution in [0.25, 0.3) is 0 Å². The molecule has 1 heterocycles. The minimum absolute atomic E-state index is 0.0325. The van der Waals surface area contributed by atoms with E-state index in [0.29, 0.717) is 26.2 Å². The summed E-state index contributed by atoms with van der Waals surface area (Å²) in [6, 6.07) is 7.68. The van der Waals surface area contributed by atoms with Gasteiger partial charge in [0.25, 0.3) is 0 Å². The highest BCUT2D eigenvalue weighted by molar-refractivity contribution is 5.76. The normalized spacial score (nSPS) is 15.5. The number of halogens is 3. The molecular formula is C16H21F3N2O3. The van der Waals surface area contributed by atoms with Gasteiger partial charge in [0.1, 0.15) is 12.4 Å². The number of anilines is 1. The van der Waals surface area contributed by atoms with Gasteiger partial charge in [-0.1, -0.05) is 6.07 Å². The molecule has 1 aliphatic heterocycles. The monoisotopic (exact) mass is 346 g/mol. The van der Waals surface area contributed by atoms with Crippen molar-refractivity contribution < 1.29 is 27.4 Å². The maximum atomic E-state index is 12.0. The highest BCUT2D eigenvalue weighted by Crippen LogP contribution is 2.22. The van der Waals surface area contributed by atoms with E-state index in [1.165, 1.54) is 0 Å². The molecule has 5 nitrogen and oxygen atoms in total. The Kier molecular flexibility index (Phi) is 6.30. The van der Waals surface area contributed by atoms with Gasteiger partial charge in [0, 0.05) is 37.9 Å². The summed E-state index contributed by atoms with van der Waals surface area (Å²) in [5.74, 6) is 0.593. The third kappa shape index (κ3) is 5.59. The van der Waals surface area contributed by atoms with E-state index in [1.54, 1.807) is 12.0 Å². The van der Waals surface area contributed by atoms with Crippen LogP contribution in [0.3, 0.4) is 0 Å². The van der Waals surface area contributed by atoms with Crippen molar-refractivity contribution in [2.75, 3.05) is 51.4 Å². The molecule has 0 aromatic heterocycles. The zero-order valence-electron chi connectivity index (χ0n) is 13.5. The molecule has 1 aromatic carbocycles. The number of ether oxygens (including phenoxy) is 2. The maximum absolute atomic E-state index is 12.0. The van der Waals surface area contributed by atoms with Crippen LogP contribution < -0.4 is 9.64 Å². The average molecular weight is 346 g/mol. The molecule has 0 bridgehead atoms. The third-order valence-corrected chi connectivity index (χ3v) is 3.78. The Morgan fingerprint density at radius 1 is 1.21 bits per heavy atom. The highest BCUT2D eigenvalue weighted by Gasteiger charge is 2.27. The minimum Gasteiger partial charge on any atom is -0.497 e. The molecule has 1 saturated heterocycles. The number of nitrogens with zero attached hydrogens (tertiary/aromatic N) is 2. The van der Waals surface area contributed by atoms with E-state index in [9.17, 15) is 18.0 Å². The molecule has 1 aliphatic rings. The number of benzene rings is 1. The fourth-order valence-electron chi connectivity index (χ4n) is 2.53. The summed E-state index contributed by atoms with van der Waals surface area (Å²) in [7, 11) is 1.61. The smallest absolute Gasteiger partial charge is 0.411 e. The van der Waals surface area contributed by atoms with E-state index < -0.39 is 12.8 Å². The Hall–Kier alpha value is -1.96. The molecule has 0 N–H and O–H groups in total. The number of carbonyl (C=O) groups is 1. The van der Waals surface area contributed by atoms with Crippen LogP contribution in [0.15, 0.2) is 24.3 Å². The molecule has 0 unspecified atom stereocenters. The Morgan fingerprint density at radius 3 is 2.54 bits per heavy atom. The van der Waals surface area contributed by atoms with Crippen LogP contribution in [0.1, 0.15) is 6.42 Å². The van der Waals surface area contributed by atoms with Crippen molar-refractivity contribution in [3.05, 3.63) is 24.3 Å². The van der Waals surface area contributed by atoms with Gasteiger partial charge in [-0.3, -0.25) is 4.79 Å². The van der Waals surface area contributed by atoms with Gasteiger partial charge in [-0.25, -0.2) is 0 Å². The molecule has 1 amide bonds. The lowest BCUT2D eigenvalue weighted by molar-refractivity contribution is -0.175. The van der Waals surface area contributed by atoms with Gasteiger partial charge in [-0.15, -0.1) is 0 Å². The van der Waals surface area contributed by atoms with E-state index in [1.807, 2.05) is 24.3 Å². The summed E-state index contributed by atoms with van der Waals surface area (Å²) in [4.78, 5) is 15.8. The first-order valence-electron chi connectivity index (χ1n) is 7.70. The average Bonchev–Trinajstić information content (AvgIpc) is 2.58. The lowest BCUT2D eigenvalue weighted by Gasteiger charge is -2.36. The molecule has 0 saturated carbocycles. The van der Waals surface area contributed by atoms with Crippen molar-refractivity contribution in [1.29, 1.82) is 0 Å². The van der Waals surface area contributed by atoms with E-state index in [-0.39, 0.29) is 18.9 Å². The van der Waals surface area contributed by atoms with Gasteiger partial charge in [0.2, 0.25) is 5.91 Å². The van der Waals surface area contributed by atoms with Crippen LogP contribution in [0.4, 0.5) is 18.9 Å². The Labute approximate surface area is 138 Å². The summed E-state index contributed by atoms with van der Waals surface area (Å²) < 4.78 is 45.6. The molecule has 0 aliphatic carbocycles. The molecule has 1 aromatic rings. The van der Waals surface area contributed by atoms with Gasteiger partial charge in [-0.2, -0.15) is 13.2 Å². The largest absolute Gasteiger partial charge is 0.497 e. The molecular weight excluding hydrogens is 325 g/mol. The topological polar surface area (TPSA) is 42.0 Å². The molecule has 2 rings (SSSR count). The number of carbonyl (C=O) groups excluding carboxylic acids is 1. The number of hydrogen-bond donors (Lipinski definition) is 0. The third-order valence-electron chi connectivity index (χ3n) is 3.78. The summed E-state index contributed by atoms with van der Waals surface area (Å²) in [5, 5.41) is 0. The van der Waals surface area contributed by atoms with Crippen LogP contribution in [0.2, 0.25) is 0 Å². The van der Waals surface area contributed by atoms with Gasteiger partial charge >= 0.3 is 6.18 Å². The zero-order valence-corrected chi connectivity index (χ0v) is 13.5. The first-order chi connectivity index (χ1) is 11.4. The first kappa shape index (κ1) is 18.4. The van der Waals surface area contributed by atoms with Crippen molar-refractivity contribution in [2.45, 2.75) is 12.6 Å². The van der Waals surface area contributed by atoms with Crippen LogP contribution in [0.5, 0.6) is 5.75 Å². The Balaban J connectivity index is 1.74. The number of alkyl halides is 3. The molecule has 0 spiro atoms. The van der Waals surface area contributed by atoms with Crippen LogP contribution in [-0.4, -0.2) is 63.5 Å². The number of methoxy groups -OCH3 is 1. The molecule has 8 heteroatoms. The van der Waals surface area contributed by atoms with Gasteiger partial charge < -0.3 is 19.3 Å². The molecule has 24 heavy (non-hydrogen) atoms. The standard InChI is InChI=1S/C16H21F3N2O3/c1-23-14-4-2-3-13(11-14)20-6-8-21(9-7-20)15(22)5-10-24-12-16(17,18)19/h2-4,11H,5-10,12H2,1H3. The lowest BCUT2D eigenvalue weighted by Crippen LogP contribution is -2.49. The highest BCUT2D eigenvalue weighted by atomic mass is 19.4. The molecule has 0 radical (unpaired) electrons. The number of rotatable bonds is 6. The quantitative estimate of drug-likeness (QED) is 0.742.